The van der Waals surface area contributed by atoms with Gasteiger partial charge in [0, 0.05) is 61.9 Å². The maximum atomic E-state index is 12.5. The lowest BCUT2D eigenvalue weighted by Gasteiger charge is -2.33. The van der Waals surface area contributed by atoms with Crippen LogP contribution in [0.15, 0.2) is 30.7 Å². The van der Waals surface area contributed by atoms with Crippen LogP contribution in [0.4, 0.5) is 5.95 Å². The molecule has 4 rings (SSSR count). The third-order valence-electron chi connectivity index (χ3n) is 4.95. The van der Waals surface area contributed by atoms with Gasteiger partial charge in [-0.25, -0.2) is 4.98 Å². The molecule has 1 aliphatic carbocycles. The fourth-order valence-corrected chi connectivity index (χ4v) is 3.35. The standard InChI is InChI=1S/C18H23N5O/c1-22-11-8-20-18(22)23-9-5-15(6-10-23)21-17(24)14-4-7-19-16(12-14)13-2-3-13/h4,7-8,11-13,15H,2-3,5-6,9-10H2,1H3,(H,21,24). The summed E-state index contributed by atoms with van der Waals surface area (Å²) in [5, 5.41) is 3.18. The van der Waals surface area contributed by atoms with Gasteiger partial charge in [0.15, 0.2) is 0 Å². The molecular formula is C18H23N5O. The Balaban J connectivity index is 1.34. The van der Waals surface area contributed by atoms with Crippen molar-refractivity contribution in [3.05, 3.63) is 42.0 Å². The molecule has 1 saturated carbocycles. The number of piperidine rings is 1. The second-order valence-corrected chi connectivity index (χ2v) is 6.82. The molecular weight excluding hydrogens is 302 g/mol. The summed E-state index contributed by atoms with van der Waals surface area (Å²) in [5.41, 5.74) is 1.80. The number of amides is 1. The molecule has 0 spiro atoms. The molecule has 2 fully saturated rings. The molecule has 2 aromatic heterocycles. The van der Waals surface area contributed by atoms with Gasteiger partial charge in [-0.3, -0.25) is 9.78 Å². The Morgan fingerprint density at radius 2 is 1.96 bits per heavy atom. The second kappa shape index (κ2) is 6.26. The number of carbonyl (C=O) groups excluding carboxylic acids is 1. The highest BCUT2D eigenvalue weighted by molar-refractivity contribution is 5.94. The Bertz CT molecular complexity index is 729. The van der Waals surface area contributed by atoms with Crippen LogP contribution >= 0.6 is 0 Å². The molecule has 0 bridgehead atoms. The van der Waals surface area contributed by atoms with Crippen molar-refractivity contribution < 1.29 is 4.79 Å². The minimum atomic E-state index is 0.0229. The Kier molecular flexibility index (Phi) is 3.96. The van der Waals surface area contributed by atoms with Gasteiger partial charge in [0.2, 0.25) is 5.95 Å². The van der Waals surface area contributed by atoms with Crippen LogP contribution in [0.1, 0.15) is 47.7 Å². The minimum absolute atomic E-state index is 0.0229. The summed E-state index contributed by atoms with van der Waals surface area (Å²) < 4.78 is 2.04. The van der Waals surface area contributed by atoms with Crippen molar-refractivity contribution in [1.29, 1.82) is 0 Å². The van der Waals surface area contributed by atoms with E-state index in [1.165, 1.54) is 12.8 Å². The summed E-state index contributed by atoms with van der Waals surface area (Å²) >= 11 is 0. The van der Waals surface area contributed by atoms with E-state index in [0.29, 0.717) is 5.92 Å². The number of carbonyl (C=O) groups is 1. The Labute approximate surface area is 141 Å². The topological polar surface area (TPSA) is 63.1 Å². The Hall–Kier alpha value is -2.37. The van der Waals surface area contributed by atoms with Gasteiger partial charge in [-0.2, -0.15) is 0 Å². The lowest BCUT2D eigenvalue weighted by atomic mass is 10.0. The van der Waals surface area contributed by atoms with Crippen molar-refractivity contribution in [3.63, 3.8) is 0 Å². The number of aryl methyl sites for hydroxylation is 1. The SMILES string of the molecule is Cn1ccnc1N1CCC(NC(=O)c2ccnc(C3CC3)c2)CC1. The summed E-state index contributed by atoms with van der Waals surface area (Å²) in [6.45, 7) is 1.83. The first-order valence-corrected chi connectivity index (χ1v) is 8.70. The largest absolute Gasteiger partial charge is 0.349 e. The maximum Gasteiger partial charge on any atom is 0.251 e. The molecule has 0 radical (unpaired) electrons. The highest BCUT2D eigenvalue weighted by atomic mass is 16.1. The van der Waals surface area contributed by atoms with Crippen LogP contribution in [0.25, 0.3) is 0 Å². The van der Waals surface area contributed by atoms with Gasteiger partial charge in [-0.05, 0) is 37.8 Å². The van der Waals surface area contributed by atoms with Crippen molar-refractivity contribution in [2.45, 2.75) is 37.6 Å². The first-order valence-electron chi connectivity index (χ1n) is 8.70. The van der Waals surface area contributed by atoms with Gasteiger partial charge in [0.25, 0.3) is 5.91 Å². The van der Waals surface area contributed by atoms with Gasteiger partial charge < -0.3 is 14.8 Å². The number of pyridine rings is 1. The van der Waals surface area contributed by atoms with E-state index in [1.54, 1.807) is 6.20 Å². The molecule has 6 nitrogen and oxygen atoms in total. The van der Waals surface area contributed by atoms with E-state index in [0.717, 1.165) is 43.1 Å². The molecule has 0 aromatic carbocycles. The first kappa shape index (κ1) is 15.2. The third kappa shape index (κ3) is 3.13. The smallest absolute Gasteiger partial charge is 0.251 e. The van der Waals surface area contributed by atoms with Gasteiger partial charge >= 0.3 is 0 Å². The monoisotopic (exact) mass is 325 g/mol. The van der Waals surface area contributed by atoms with Crippen molar-refractivity contribution in [3.8, 4) is 0 Å². The number of aromatic nitrogens is 3. The van der Waals surface area contributed by atoms with Gasteiger partial charge in [-0.15, -0.1) is 0 Å². The van der Waals surface area contributed by atoms with E-state index < -0.39 is 0 Å². The molecule has 1 aliphatic heterocycles. The van der Waals surface area contributed by atoms with E-state index in [4.69, 9.17) is 0 Å². The average molecular weight is 325 g/mol. The van der Waals surface area contributed by atoms with Crippen molar-refractivity contribution in [1.82, 2.24) is 19.9 Å². The summed E-state index contributed by atoms with van der Waals surface area (Å²) in [5.74, 6) is 1.59. The molecule has 0 atom stereocenters. The lowest BCUT2D eigenvalue weighted by molar-refractivity contribution is 0.0931. The number of hydrogen-bond acceptors (Lipinski definition) is 4. The molecule has 6 heteroatoms. The predicted octanol–water partition coefficient (Wildman–Crippen LogP) is 2.09. The lowest BCUT2D eigenvalue weighted by Crippen LogP contribution is -2.45. The predicted molar refractivity (Wildman–Crippen MR) is 92.1 cm³/mol. The molecule has 2 aliphatic rings. The number of imidazole rings is 1. The third-order valence-corrected chi connectivity index (χ3v) is 4.95. The van der Waals surface area contributed by atoms with E-state index in [-0.39, 0.29) is 11.9 Å². The summed E-state index contributed by atoms with van der Waals surface area (Å²) in [6, 6.07) is 3.99. The quantitative estimate of drug-likeness (QED) is 0.935. The highest BCUT2D eigenvalue weighted by Gasteiger charge is 2.26. The van der Waals surface area contributed by atoms with Gasteiger partial charge in [0.1, 0.15) is 0 Å². The average Bonchev–Trinajstić information content (AvgIpc) is 3.37. The van der Waals surface area contributed by atoms with Crippen LogP contribution in [0.3, 0.4) is 0 Å². The second-order valence-electron chi connectivity index (χ2n) is 6.82. The van der Waals surface area contributed by atoms with Gasteiger partial charge in [0.05, 0.1) is 0 Å². The molecule has 2 aromatic rings. The molecule has 126 valence electrons. The number of nitrogens with zero attached hydrogens (tertiary/aromatic N) is 4. The number of hydrogen-bond donors (Lipinski definition) is 1. The molecule has 0 unspecified atom stereocenters. The van der Waals surface area contributed by atoms with Crippen molar-refractivity contribution in [2.75, 3.05) is 18.0 Å². The van der Waals surface area contributed by atoms with Crippen molar-refractivity contribution in [2.24, 2.45) is 7.05 Å². The zero-order valence-corrected chi connectivity index (χ0v) is 14.0. The number of anilines is 1. The Morgan fingerprint density at radius 1 is 1.17 bits per heavy atom. The van der Waals surface area contributed by atoms with Crippen LogP contribution in [0, 0.1) is 0 Å². The van der Waals surface area contributed by atoms with Crippen LogP contribution in [0.2, 0.25) is 0 Å². The number of nitrogens with one attached hydrogen (secondary N) is 1. The maximum absolute atomic E-state index is 12.5. The summed E-state index contributed by atoms with van der Waals surface area (Å²) in [4.78, 5) is 23.6. The van der Waals surface area contributed by atoms with E-state index in [2.05, 4.69) is 20.2 Å². The molecule has 1 saturated heterocycles. The fraction of sp³-hybridized carbons (Fsp3) is 0.500. The van der Waals surface area contributed by atoms with E-state index >= 15 is 0 Å². The number of rotatable bonds is 4. The summed E-state index contributed by atoms with van der Waals surface area (Å²) in [7, 11) is 2.01. The molecule has 1 amide bonds. The zero-order valence-electron chi connectivity index (χ0n) is 14.0. The minimum Gasteiger partial charge on any atom is -0.349 e. The van der Waals surface area contributed by atoms with Crippen molar-refractivity contribution >= 4 is 11.9 Å². The van der Waals surface area contributed by atoms with Crippen LogP contribution in [-0.4, -0.2) is 39.6 Å². The summed E-state index contributed by atoms with van der Waals surface area (Å²) in [6.07, 6.45) is 9.83. The van der Waals surface area contributed by atoms with Crippen LogP contribution < -0.4 is 10.2 Å². The molecule has 3 heterocycles. The normalized spacial score (nSPS) is 18.6. The zero-order chi connectivity index (χ0) is 16.5. The highest BCUT2D eigenvalue weighted by Crippen LogP contribution is 2.38. The molecule has 1 N–H and O–H groups in total. The van der Waals surface area contributed by atoms with E-state index in [1.807, 2.05) is 36.1 Å². The molecule has 24 heavy (non-hydrogen) atoms. The van der Waals surface area contributed by atoms with Crippen LogP contribution in [0.5, 0.6) is 0 Å². The van der Waals surface area contributed by atoms with Gasteiger partial charge in [-0.1, -0.05) is 0 Å². The van der Waals surface area contributed by atoms with Crippen LogP contribution in [-0.2, 0) is 7.05 Å². The fourth-order valence-electron chi connectivity index (χ4n) is 3.35. The Morgan fingerprint density at radius 3 is 2.62 bits per heavy atom. The van der Waals surface area contributed by atoms with E-state index in [9.17, 15) is 4.79 Å². The first-order chi connectivity index (χ1) is 11.7.